The Kier molecular flexibility index (Phi) is 4.89. The average Bonchev–Trinajstić information content (AvgIpc) is 3.13. The van der Waals surface area contributed by atoms with E-state index in [1.807, 2.05) is 25.1 Å². The number of hydrogen-bond donors (Lipinski definition) is 2. The Balaban J connectivity index is 1.67. The molecule has 0 aliphatic carbocycles. The molecular weight excluding hydrogens is 318 g/mol. The molecule has 0 aliphatic heterocycles. The molecule has 0 saturated heterocycles. The van der Waals surface area contributed by atoms with Crippen molar-refractivity contribution in [3.8, 4) is 0 Å². The summed E-state index contributed by atoms with van der Waals surface area (Å²) in [6, 6.07) is 12.5. The maximum absolute atomic E-state index is 12.3. The molecule has 25 heavy (non-hydrogen) atoms. The van der Waals surface area contributed by atoms with Gasteiger partial charge in [-0.15, -0.1) is 0 Å². The number of nitrogens with one attached hydrogen (secondary N) is 2. The van der Waals surface area contributed by atoms with Crippen molar-refractivity contribution < 1.29 is 14.0 Å². The molecule has 3 rings (SSSR count). The number of hydrogen-bond acceptors (Lipinski definition) is 4. The van der Waals surface area contributed by atoms with E-state index in [1.54, 1.807) is 24.5 Å². The fraction of sp³-hybridized carbons (Fsp3) is 0.105. The molecule has 6 heteroatoms. The first-order valence-corrected chi connectivity index (χ1v) is 7.75. The van der Waals surface area contributed by atoms with Crippen LogP contribution in [-0.4, -0.2) is 16.8 Å². The molecule has 0 saturated carbocycles. The van der Waals surface area contributed by atoms with Gasteiger partial charge in [-0.05, 0) is 42.8 Å². The Morgan fingerprint density at radius 1 is 1.04 bits per heavy atom. The Bertz CT molecular complexity index is 888. The summed E-state index contributed by atoms with van der Waals surface area (Å²) in [7, 11) is 0. The second kappa shape index (κ2) is 7.44. The van der Waals surface area contributed by atoms with Crippen molar-refractivity contribution in [1.29, 1.82) is 0 Å². The van der Waals surface area contributed by atoms with Crippen LogP contribution in [0.4, 0.5) is 5.69 Å². The topological polar surface area (TPSA) is 84.2 Å². The average molecular weight is 335 g/mol. The van der Waals surface area contributed by atoms with E-state index in [4.69, 9.17) is 4.42 Å². The largest absolute Gasteiger partial charge is 0.467 e. The first-order valence-electron chi connectivity index (χ1n) is 7.75. The smallest absolute Gasteiger partial charge is 0.257 e. The number of anilines is 1. The molecule has 0 spiro atoms. The first kappa shape index (κ1) is 16.4. The summed E-state index contributed by atoms with van der Waals surface area (Å²) in [5.74, 6) is 0.00236. The normalized spacial score (nSPS) is 10.3. The standard InChI is InChI=1S/C19H17N3O3/c1-13-4-2-5-16(8-13)22-19(24)15-9-14(10-20-11-15)18(23)21-12-17-6-3-7-25-17/h2-11H,12H2,1H3,(H,21,23)(H,22,24). The van der Waals surface area contributed by atoms with Crippen molar-refractivity contribution in [3.63, 3.8) is 0 Å². The molecule has 0 fully saturated rings. The van der Waals surface area contributed by atoms with Crippen molar-refractivity contribution in [3.05, 3.63) is 83.6 Å². The molecule has 0 aliphatic rings. The number of aryl methyl sites for hydroxylation is 1. The van der Waals surface area contributed by atoms with Gasteiger partial charge in [0.1, 0.15) is 5.76 Å². The summed E-state index contributed by atoms with van der Waals surface area (Å²) in [6.07, 6.45) is 4.38. The van der Waals surface area contributed by atoms with Crippen molar-refractivity contribution in [2.24, 2.45) is 0 Å². The number of nitrogens with zero attached hydrogens (tertiary/aromatic N) is 1. The molecule has 0 unspecified atom stereocenters. The van der Waals surface area contributed by atoms with Crippen LogP contribution in [0.25, 0.3) is 0 Å². The number of carbonyl (C=O) groups excluding carboxylic acids is 2. The van der Waals surface area contributed by atoms with Crippen molar-refractivity contribution in [2.45, 2.75) is 13.5 Å². The predicted octanol–water partition coefficient (Wildman–Crippen LogP) is 3.17. The third-order valence-electron chi connectivity index (χ3n) is 3.54. The third-order valence-corrected chi connectivity index (χ3v) is 3.54. The monoisotopic (exact) mass is 335 g/mol. The van der Waals surface area contributed by atoms with Crippen LogP contribution in [0.15, 0.2) is 65.5 Å². The van der Waals surface area contributed by atoms with Crippen molar-refractivity contribution >= 4 is 17.5 Å². The van der Waals surface area contributed by atoms with E-state index in [1.165, 1.54) is 18.5 Å². The van der Waals surface area contributed by atoms with E-state index in [0.29, 0.717) is 22.6 Å². The summed E-state index contributed by atoms with van der Waals surface area (Å²) in [4.78, 5) is 28.5. The van der Waals surface area contributed by atoms with E-state index in [2.05, 4.69) is 15.6 Å². The first-order chi connectivity index (χ1) is 12.1. The number of furan rings is 1. The second-order valence-corrected chi connectivity index (χ2v) is 5.55. The quantitative estimate of drug-likeness (QED) is 0.750. The van der Waals surface area contributed by atoms with Gasteiger partial charge >= 0.3 is 0 Å². The van der Waals surface area contributed by atoms with Gasteiger partial charge in [-0.1, -0.05) is 12.1 Å². The fourth-order valence-corrected chi connectivity index (χ4v) is 2.30. The highest BCUT2D eigenvalue weighted by Gasteiger charge is 2.12. The Morgan fingerprint density at radius 3 is 2.56 bits per heavy atom. The minimum atomic E-state index is -0.325. The summed E-state index contributed by atoms with van der Waals surface area (Å²) in [5, 5.41) is 5.51. The Hall–Kier alpha value is -3.41. The minimum absolute atomic E-state index is 0.269. The molecule has 0 atom stereocenters. The molecule has 3 aromatic rings. The van der Waals surface area contributed by atoms with Gasteiger partial charge in [-0.25, -0.2) is 0 Å². The van der Waals surface area contributed by atoms with E-state index in [9.17, 15) is 9.59 Å². The van der Waals surface area contributed by atoms with Gasteiger partial charge in [0.05, 0.1) is 23.9 Å². The lowest BCUT2D eigenvalue weighted by molar-refractivity contribution is 0.0947. The number of pyridine rings is 1. The van der Waals surface area contributed by atoms with Crippen LogP contribution in [0, 0.1) is 6.92 Å². The highest BCUT2D eigenvalue weighted by molar-refractivity contribution is 6.05. The lowest BCUT2D eigenvalue weighted by atomic mass is 10.1. The lowest BCUT2D eigenvalue weighted by Crippen LogP contribution is -2.23. The molecular formula is C19H17N3O3. The fourth-order valence-electron chi connectivity index (χ4n) is 2.30. The molecule has 2 N–H and O–H groups in total. The molecule has 126 valence electrons. The van der Waals surface area contributed by atoms with Gasteiger partial charge in [0, 0.05) is 18.1 Å². The molecule has 2 heterocycles. The maximum Gasteiger partial charge on any atom is 0.257 e. The zero-order valence-electron chi connectivity index (χ0n) is 13.7. The van der Waals surface area contributed by atoms with Crippen LogP contribution in [-0.2, 0) is 6.54 Å². The maximum atomic E-state index is 12.3. The van der Waals surface area contributed by atoms with Crippen LogP contribution in [0.2, 0.25) is 0 Å². The van der Waals surface area contributed by atoms with E-state index in [-0.39, 0.29) is 18.4 Å². The third kappa shape index (κ3) is 4.32. The van der Waals surface area contributed by atoms with Crippen molar-refractivity contribution in [1.82, 2.24) is 10.3 Å². The highest BCUT2D eigenvalue weighted by atomic mass is 16.3. The second-order valence-electron chi connectivity index (χ2n) is 5.55. The van der Waals surface area contributed by atoms with Crippen LogP contribution in [0.5, 0.6) is 0 Å². The minimum Gasteiger partial charge on any atom is -0.467 e. The van der Waals surface area contributed by atoms with Gasteiger partial charge in [-0.3, -0.25) is 14.6 Å². The van der Waals surface area contributed by atoms with Crippen LogP contribution in [0.3, 0.4) is 0 Å². The molecule has 2 aromatic heterocycles. The number of amides is 2. The molecule has 0 radical (unpaired) electrons. The SMILES string of the molecule is Cc1cccc(NC(=O)c2cncc(C(=O)NCc3ccco3)c2)c1. The number of carbonyl (C=O) groups is 2. The lowest BCUT2D eigenvalue weighted by Gasteiger charge is -2.07. The molecule has 6 nitrogen and oxygen atoms in total. The predicted molar refractivity (Wildman–Crippen MR) is 93.2 cm³/mol. The van der Waals surface area contributed by atoms with E-state index >= 15 is 0 Å². The van der Waals surface area contributed by atoms with Crippen LogP contribution >= 0.6 is 0 Å². The van der Waals surface area contributed by atoms with Crippen LogP contribution in [0.1, 0.15) is 32.0 Å². The zero-order valence-corrected chi connectivity index (χ0v) is 13.7. The van der Waals surface area contributed by atoms with E-state index < -0.39 is 0 Å². The molecule has 0 bridgehead atoms. The number of aromatic nitrogens is 1. The highest BCUT2D eigenvalue weighted by Crippen LogP contribution is 2.12. The summed E-state index contributed by atoms with van der Waals surface area (Å²) < 4.78 is 5.16. The Labute approximate surface area is 144 Å². The van der Waals surface area contributed by atoms with Gasteiger partial charge in [0.2, 0.25) is 0 Å². The zero-order chi connectivity index (χ0) is 17.6. The van der Waals surface area contributed by atoms with Gasteiger partial charge in [0.15, 0.2) is 0 Å². The van der Waals surface area contributed by atoms with E-state index in [0.717, 1.165) is 5.56 Å². The molecule has 1 aromatic carbocycles. The summed E-state index contributed by atoms with van der Waals surface area (Å²) in [6.45, 7) is 2.22. The summed E-state index contributed by atoms with van der Waals surface area (Å²) in [5.41, 5.74) is 2.36. The Morgan fingerprint density at radius 2 is 1.84 bits per heavy atom. The van der Waals surface area contributed by atoms with Crippen molar-refractivity contribution in [2.75, 3.05) is 5.32 Å². The number of rotatable bonds is 5. The van der Waals surface area contributed by atoms with Gasteiger partial charge in [0.25, 0.3) is 11.8 Å². The molecule has 2 amide bonds. The van der Waals surface area contributed by atoms with Gasteiger partial charge < -0.3 is 15.1 Å². The summed E-state index contributed by atoms with van der Waals surface area (Å²) >= 11 is 0. The van der Waals surface area contributed by atoms with Gasteiger partial charge in [-0.2, -0.15) is 0 Å². The number of benzene rings is 1. The van der Waals surface area contributed by atoms with Crippen LogP contribution < -0.4 is 10.6 Å².